The topological polar surface area (TPSA) is 64.2 Å². The molecule has 82 valence electrons. The highest BCUT2D eigenvalue weighted by molar-refractivity contribution is 5.79. The van der Waals surface area contributed by atoms with Gasteiger partial charge in [0.15, 0.2) is 0 Å². The van der Waals surface area contributed by atoms with Crippen molar-refractivity contribution in [3.8, 4) is 0 Å². The lowest BCUT2D eigenvalue weighted by Crippen LogP contribution is -2.38. The number of carbonyl (C=O) groups excluding carboxylic acids is 1. The summed E-state index contributed by atoms with van der Waals surface area (Å²) in [6.07, 6.45) is 4.12. The molecule has 1 aromatic rings. The number of hydrogen-bond acceptors (Lipinski definition) is 3. The van der Waals surface area contributed by atoms with Gasteiger partial charge in [0.05, 0.1) is 6.54 Å². The molecule has 2 unspecified atom stereocenters. The first-order chi connectivity index (χ1) is 7.16. The quantitative estimate of drug-likeness (QED) is 0.750. The van der Waals surface area contributed by atoms with E-state index in [1.165, 1.54) is 0 Å². The lowest BCUT2D eigenvalue weighted by molar-refractivity contribution is -0.129. The summed E-state index contributed by atoms with van der Waals surface area (Å²) in [5, 5.41) is 4.12. The Balaban J connectivity index is 1.96. The molecule has 1 aliphatic rings. The first-order valence-corrected chi connectivity index (χ1v) is 5.19. The number of hydrogen-bond donors (Lipinski definition) is 1. The second-order valence-electron chi connectivity index (χ2n) is 4.09. The molecule has 2 heterocycles. The molecular formula is C10H16N4O. The van der Waals surface area contributed by atoms with Gasteiger partial charge in [0.1, 0.15) is 0 Å². The highest BCUT2D eigenvalue weighted by atomic mass is 16.2. The standard InChI is InChI=1S/C10H16N4O/c1-8(6-13-4-2-3-12-13)14-7-9(11)5-10(14)15/h2-4,8-9H,5-7,11H2,1H3. The third-order valence-corrected chi connectivity index (χ3v) is 2.73. The van der Waals surface area contributed by atoms with Crippen molar-refractivity contribution in [2.75, 3.05) is 6.54 Å². The Morgan fingerprint density at radius 1 is 1.73 bits per heavy atom. The molecule has 5 nitrogen and oxygen atoms in total. The number of nitrogens with zero attached hydrogens (tertiary/aromatic N) is 3. The smallest absolute Gasteiger partial charge is 0.224 e. The Morgan fingerprint density at radius 3 is 3.07 bits per heavy atom. The molecule has 0 radical (unpaired) electrons. The van der Waals surface area contributed by atoms with E-state index in [-0.39, 0.29) is 18.0 Å². The van der Waals surface area contributed by atoms with Crippen molar-refractivity contribution in [3.05, 3.63) is 18.5 Å². The van der Waals surface area contributed by atoms with Crippen LogP contribution in [0.1, 0.15) is 13.3 Å². The molecule has 0 bridgehead atoms. The van der Waals surface area contributed by atoms with Crippen LogP contribution in [-0.2, 0) is 11.3 Å². The van der Waals surface area contributed by atoms with Crippen LogP contribution in [-0.4, -0.2) is 39.2 Å². The van der Waals surface area contributed by atoms with Crippen molar-refractivity contribution >= 4 is 5.91 Å². The first kappa shape index (κ1) is 10.2. The van der Waals surface area contributed by atoms with Crippen LogP contribution in [0.5, 0.6) is 0 Å². The molecule has 2 N–H and O–H groups in total. The molecule has 0 saturated carbocycles. The van der Waals surface area contributed by atoms with Crippen molar-refractivity contribution in [1.29, 1.82) is 0 Å². The second-order valence-corrected chi connectivity index (χ2v) is 4.09. The van der Waals surface area contributed by atoms with Crippen molar-refractivity contribution in [2.45, 2.75) is 32.0 Å². The molecule has 1 saturated heterocycles. The molecule has 15 heavy (non-hydrogen) atoms. The van der Waals surface area contributed by atoms with Crippen LogP contribution in [0.2, 0.25) is 0 Å². The van der Waals surface area contributed by atoms with Gasteiger partial charge in [-0.15, -0.1) is 0 Å². The van der Waals surface area contributed by atoms with Gasteiger partial charge in [-0.1, -0.05) is 0 Å². The van der Waals surface area contributed by atoms with Crippen molar-refractivity contribution in [3.63, 3.8) is 0 Å². The number of amides is 1. The van der Waals surface area contributed by atoms with E-state index in [1.807, 2.05) is 28.8 Å². The summed E-state index contributed by atoms with van der Waals surface area (Å²) in [5.74, 6) is 0.155. The fourth-order valence-corrected chi connectivity index (χ4v) is 1.96. The van der Waals surface area contributed by atoms with Crippen LogP contribution in [0.15, 0.2) is 18.5 Å². The Hall–Kier alpha value is -1.36. The molecule has 1 aromatic heterocycles. The number of aromatic nitrogens is 2. The molecule has 2 atom stereocenters. The lowest BCUT2D eigenvalue weighted by atomic mass is 10.3. The molecule has 1 aliphatic heterocycles. The van der Waals surface area contributed by atoms with Gasteiger partial charge in [-0.3, -0.25) is 9.48 Å². The van der Waals surface area contributed by atoms with Gasteiger partial charge < -0.3 is 10.6 Å². The molecule has 0 aromatic carbocycles. The Morgan fingerprint density at radius 2 is 2.53 bits per heavy atom. The van der Waals surface area contributed by atoms with E-state index >= 15 is 0 Å². The third kappa shape index (κ3) is 2.18. The normalized spacial score (nSPS) is 23.5. The highest BCUT2D eigenvalue weighted by Gasteiger charge is 2.30. The number of rotatable bonds is 3. The minimum absolute atomic E-state index is 0.00225. The maximum absolute atomic E-state index is 11.6. The SMILES string of the molecule is CC(Cn1cccn1)N1CC(N)CC1=O. The first-order valence-electron chi connectivity index (χ1n) is 5.19. The average Bonchev–Trinajstić information content (AvgIpc) is 2.75. The van der Waals surface area contributed by atoms with Crippen LogP contribution < -0.4 is 5.73 Å². The van der Waals surface area contributed by atoms with Gasteiger partial charge in [0.25, 0.3) is 0 Å². The minimum Gasteiger partial charge on any atom is -0.337 e. The van der Waals surface area contributed by atoms with Crippen LogP contribution in [0.4, 0.5) is 0 Å². The summed E-state index contributed by atoms with van der Waals surface area (Å²) in [6.45, 7) is 3.42. The fraction of sp³-hybridized carbons (Fsp3) is 0.600. The summed E-state index contributed by atoms with van der Waals surface area (Å²) >= 11 is 0. The van der Waals surface area contributed by atoms with Crippen molar-refractivity contribution in [2.24, 2.45) is 5.73 Å². The fourth-order valence-electron chi connectivity index (χ4n) is 1.96. The molecule has 1 fully saturated rings. The minimum atomic E-state index is -0.00225. The largest absolute Gasteiger partial charge is 0.337 e. The van der Waals surface area contributed by atoms with E-state index in [1.54, 1.807) is 6.20 Å². The monoisotopic (exact) mass is 208 g/mol. The molecule has 1 amide bonds. The van der Waals surface area contributed by atoms with Gasteiger partial charge in [-0.2, -0.15) is 5.10 Å². The highest BCUT2D eigenvalue weighted by Crippen LogP contribution is 2.13. The van der Waals surface area contributed by atoms with E-state index in [0.717, 1.165) is 6.54 Å². The molecule has 0 spiro atoms. The summed E-state index contributed by atoms with van der Waals surface area (Å²) < 4.78 is 1.84. The number of carbonyl (C=O) groups is 1. The van der Waals surface area contributed by atoms with E-state index in [4.69, 9.17) is 5.73 Å². The maximum Gasteiger partial charge on any atom is 0.224 e. The predicted molar refractivity (Wildman–Crippen MR) is 56.0 cm³/mol. The zero-order valence-corrected chi connectivity index (χ0v) is 8.84. The summed E-state index contributed by atoms with van der Waals surface area (Å²) in [4.78, 5) is 13.4. The summed E-state index contributed by atoms with van der Waals surface area (Å²) in [7, 11) is 0. The zero-order chi connectivity index (χ0) is 10.8. The molecule has 0 aliphatic carbocycles. The van der Waals surface area contributed by atoms with Crippen molar-refractivity contribution in [1.82, 2.24) is 14.7 Å². The lowest BCUT2D eigenvalue weighted by Gasteiger charge is -2.24. The van der Waals surface area contributed by atoms with Gasteiger partial charge in [-0.05, 0) is 13.0 Å². The van der Waals surface area contributed by atoms with E-state index in [0.29, 0.717) is 13.0 Å². The molecule has 5 heteroatoms. The van der Waals surface area contributed by atoms with Crippen LogP contribution in [0, 0.1) is 0 Å². The second kappa shape index (κ2) is 4.02. The van der Waals surface area contributed by atoms with Crippen molar-refractivity contribution < 1.29 is 4.79 Å². The van der Waals surface area contributed by atoms with E-state index < -0.39 is 0 Å². The van der Waals surface area contributed by atoms with E-state index in [2.05, 4.69) is 5.10 Å². The van der Waals surface area contributed by atoms with Gasteiger partial charge >= 0.3 is 0 Å². The average molecular weight is 208 g/mol. The maximum atomic E-state index is 11.6. The van der Waals surface area contributed by atoms with Gasteiger partial charge in [0.2, 0.25) is 5.91 Å². The van der Waals surface area contributed by atoms with Gasteiger partial charge in [0, 0.05) is 37.4 Å². The van der Waals surface area contributed by atoms with E-state index in [9.17, 15) is 4.79 Å². The number of likely N-dealkylation sites (tertiary alicyclic amines) is 1. The third-order valence-electron chi connectivity index (χ3n) is 2.73. The van der Waals surface area contributed by atoms with Gasteiger partial charge in [-0.25, -0.2) is 0 Å². The summed E-state index contributed by atoms with van der Waals surface area (Å²) in [6, 6.07) is 2.04. The van der Waals surface area contributed by atoms with Crippen LogP contribution in [0.3, 0.4) is 0 Å². The molecular weight excluding hydrogens is 192 g/mol. The predicted octanol–water partition coefficient (Wildman–Crippen LogP) is -0.169. The zero-order valence-electron chi connectivity index (χ0n) is 8.84. The Bertz CT molecular complexity index is 335. The Labute approximate surface area is 88.8 Å². The summed E-state index contributed by atoms with van der Waals surface area (Å²) in [5.41, 5.74) is 5.74. The van der Waals surface area contributed by atoms with Crippen LogP contribution in [0.25, 0.3) is 0 Å². The number of nitrogens with two attached hydrogens (primary N) is 1. The van der Waals surface area contributed by atoms with Crippen LogP contribution >= 0.6 is 0 Å². The molecule has 2 rings (SSSR count). The Kier molecular flexibility index (Phi) is 2.73.